The number of rotatable bonds is 1. The molecule has 1 rings (SSSR count). The monoisotopic (exact) mass is 98.1 g/mol. The maximum absolute atomic E-state index is 10.4. The van der Waals surface area contributed by atoms with Crippen molar-refractivity contribution >= 4 is 5.78 Å². The summed E-state index contributed by atoms with van der Waals surface area (Å²) in [6.45, 7) is 3.79. The molecule has 0 aromatic heterocycles. The molecule has 1 fully saturated rings. The second-order valence-corrected chi connectivity index (χ2v) is 2.43. The van der Waals surface area contributed by atoms with E-state index in [0.717, 1.165) is 6.42 Å². The van der Waals surface area contributed by atoms with Gasteiger partial charge in [0.2, 0.25) is 0 Å². The third-order valence-electron chi connectivity index (χ3n) is 1.63. The Morgan fingerprint density at radius 3 is 2.14 bits per heavy atom. The fraction of sp³-hybridized carbons (Fsp3) is 0.833. The topological polar surface area (TPSA) is 17.1 Å². The molecule has 1 aliphatic carbocycles. The molecular formula is C6H10O. The largest absolute Gasteiger partial charge is 0.300 e. The second-order valence-electron chi connectivity index (χ2n) is 2.43. The molecule has 40 valence electrons. The van der Waals surface area contributed by atoms with Crippen LogP contribution in [0.15, 0.2) is 0 Å². The minimum absolute atomic E-state index is 0.368. The highest BCUT2D eigenvalue weighted by Gasteiger charge is 2.36. The molecule has 1 saturated carbocycles. The molecule has 0 spiro atoms. The third-order valence-corrected chi connectivity index (χ3v) is 1.63. The summed E-state index contributed by atoms with van der Waals surface area (Å²) in [5, 5.41) is 0. The van der Waals surface area contributed by atoms with E-state index in [1.54, 1.807) is 6.92 Å². The summed E-state index contributed by atoms with van der Waals surface area (Å²) in [6, 6.07) is 0. The molecule has 2 atom stereocenters. The number of carbonyl (C=O) groups is 1. The number of hydrogen-bond donors (Lipinski definition) is 0. The van der Waals surface area contributed by atoms with E-state index in [4.69, 9.17) is 0 Å². The highest BCUT2D eigenvalue weighted by atomic mass is 16.1. The Kier molecular flexibility index (Phi) is 0.911. The van der Waals surface area contributed by atoms with Gasteiger partial charge >= 0.3 is 0 Å². The molecule has 0 aromatic rings. The molecule has 0 radical (unpaired) electrons. The Morgan fingerprint density at radius 1 is 1.71 bits per heavy atom. The maximum atomic E-state index is 10.4. The Balaban J connectivity index is 2.33. The van der Waals surface area contributed by atoms with Crippen molar-refractivity contribution in [3.05, 3.63) is 0 Å². The van der Waals surface area contributed by atoms with Gasteiger partial charge in [-0.1, -0.05) is 6.92 Å². The zero-order valence-corrected chi connectivity index (χ0v) is 4.77. The average Bonchev–Trinajstić information content (AvgIpc) is 2.17. The van der Waals surface area contributed by atoms with E-state index in [9.17, 15) is 4.79 Å². The number of ketones is 1. The van der Waals surface area contributed by atoms with Crippen molar-refractivity contribution in [3.8, 4) is 0 Å². The number of Topliss-reactive ketones (excluding diaryl/α,β-unsaturated/α-hetero) is 1. The first-order chi connectivity index (χ1) is 3.22. The zero-order chi connectivity index (χ0) is 5.44. The fourth-order valence-corrected chi connectivity index (χ4v) is 0.889. The molecule has 1 nitrogen and oxygen atoms in total. The van der Waals surface area contributed by atoms with Crippen LogP contribution in [0.2, 0.25) is 0 Å². The van der Waals surface area contributed by atoms with Crippen LogP contribution < -0.4 is 0 Å². The van der Waals surface area contributed by atoms with E-state index >= 15 is 0 Å². The van der Waals surface area contributed by atoms with Crippen molar-refractivity contribution in [3.63, 3.8) is 0 Å². The van der Waals surface area contributed by atoms with Gasteiger partial charge in [-0.15, -0.1) is 0 Å². The highest BCUT2D eigenvalue weighted by molar-refractivity contribution is 5.80. The van der Waals surface area contributed by atoms with Crippen LogP contribution in [-0.2, 0) is 4.79 Å². The lowest BCUT2D eigenvalue weighted by Gasteiger charge is -1.80. The summed E-state index contributed by atoms with van der Waals surface area (Å²) >= 11 is 0. The quantitative estimate of drug-likeness (QED) is 0.482. The van der Waals surface area contributed by atoms with E-state index in [1.807, 2.05) is 0 Å². The Labute approximate surface area is 43.7 Å². The van der Waals surface area contributed by atoms with Crippen LogP contribution in [0.1, 0.15) is 20.3 Å². The molecule has 0 amide bonds. The van der Waals surface area contributed by atoms with E-state index in [0.29, 0.717) is 17.6 Å². The summed E-state index contributed by atoms with van der Waals surface area (Å²) in [5.74, 6) is 1.49. The Morgan fingerprint density at radius 2 is 2.14 bits per heavy atom. The SMILES string of the molecule is CC(=O)[C@@H]1C[C@H]1C. The molecule has 0 bridgehead atoms. The number of carbonyl (C=O) groups excluding carboxylic acids is 1. The molecule has 1 aliphatic rings. The predicted molar refractivity (Wildman–Crippen MR) is 28.0 cm³/mol. The lowest BCUT2D eigenvalue weighted by molar-refractivity contribution is -0.118. The molecule has 0 aliphatic heterocycles. The summed E-state index contributed by atoms with van der Waals surface area (Å²) < 4.78 is 0. The van der Waals surface area contributed by atoms with Gasteiger partial charge in [0.15, 0.2) is 0 Å². The van der Waals surface area contributed by atoms with Gasteiger partial charge in [-0.3, -0.25) is 4.79 Å². The van der Waals surface area contributed by atoms with E-state index in [1.165, 1.54) is 0 Å². The Hall–Kier alpha value is -0.330. The lowest BCUT2D eigenvalue weighted by Crippen LogP contribution is -1.92. The van der Waals surface area contributed by atoms with Gasteiger partial charge in [-0.05, 0) is 19.3 Å². The minimum Gasteiger partial charge on any atom is -0.300 e. The predicted octanol–water partition coefficient (Wildman–Crippen LogP) is 1.23. The maximum Gasteiger partial charge on any atom is 0.133 e. The molecule has 0 N–H and O–H groups in total. The van der Waals surface area contributed by atoms with Crippen LogP contribution in [0.5, 0.6) is 0 Å². The standard InChI is InChI=1S/C6H10O/c1-4-3-6(4)5(2)7/h4,6H,3H2,1-2H3/t4-,6-/m1/s1. The molecule has 1 heteroatoms. The van der Waals surface area contributed by atoms with Crippen LogP contribution >= 0.6 is 0 Å². The normalized spacial score (nSPS) is 38.0. The zero-order valence-electron chi connectivity index (χ0n) is 4.77. The van der Waals surface area contributed by atoms with Crippen LogP contribution in [0, 0.1) is 11.8 Å². The summed E-state index contributed by atoms with van der Waals surface area (Å²) in [4.78, 5) is 10.4. The van der Waals surface area contributed by atoms with E-state index in [-0.39, 0.29) is 0 Å². The first-order valence-electron chi connectivity index (χ1n) is 2.72. The van der Waals surface area contributed by atoms with Crippen LogP contribution in [-0.4, -0.2) is 5.78 Å². The smallest absolute Gasteiger partial charge is 0.133 e. The molecule has 0 aromatic carbocycles. The van der Waals surface area contributed by atoms with Crippen molar-refractivity contribution in [2.75, 3.05) is 0 Å². The molecule has 0 saturated heterocycles. The van der Waals surface area contributed by atoms with Gasteiger partial charge in [0.1, 0.15) is 5.78 Å². The molecule has 7 heavy (non-hydrogen) atoms. The van der Waals surface area contributed by atoms with Gasteiger partial charge in [0, 0.05) is 5.92 Å². The van der Waals surface area contributed by atoms with Crippen LogP contribution in [0.4, 0.5) is 0 Å². The fourth-order valence-electron chi connectivity index (χ4n) is 0.889. The van der Waals surface area contributed by atoms with Gasteiger partial charge in [-0.2, -0.15) is 0 Å². The summed E-state index contributed by atoms with van der Waals surface area (Å²) in [5.41, 5.74) is 0. The lowest BCUT2D eigenvalue weighted by atomic mass is 10.2. The van der Waals surface area contributed by atoms with Crippen LogP contribution in [0.25, 0.3) is 0 Å². The average molecular weight is 98.1 g/mol. The first kappa shape index (κ1) is 4.82. The number of hydrogen-bond acceptors (Lipinski definition) is 1. The highest BCUT2D eigenvalue weighted by Crippen LogP contribution is 2.37. The molecular weight excluding hydrogens is 88.1 g/mol. The second kappa shape index (κ2) is 1.32. The van der Waals surface area contributed by atoms with Crippen molar-refractivity contribution in [1.82, 2.24) is 0 Å². The Bertz CT molecular complexity index is 96.4. The van der Waals surface area contributed by atoms with Gasteiger partial charge in [-0.25, -0.2) is 0 Å². The van der Waals surface area contributed by atoms with Gasteiger partial charge in [0.25, 0.3) is 0 Å². The van der Waals surface area contributed by atoms with Crippen molar-refractivity contribution in [2.24, 2.45) is 11.8 Å². The summed E-state index contributed by atoms with van der Waals surface area (Å²) in [6.07, 6.45) is 1.13. The van der Waals surface area contributed by atoms with Crippen molar-refractivity contribution in [2.45, 2.75) is 20.3 Å². The van der Waals surface area contributed by atoms with Gasteiger partial charge < -0.3 is 0 Å². The third kappa shape index (κ3) is 0.817. The minimum atomic E-state index is 0.368. The molecule has 0 unspecified atom stereocenters. The van der Waals surface area contributed by atoms with Gasteiger partial charge in [0.05, 0.1) is 0 Å². The van der Waals surface area contributed by atoms with Crippen LogP contribution in [0.3, 0.4) is 0 Å². The summed E-state index contributed by atoms with van der Waals surface area (Å²) in [7, 11) is 0. The van der Waals surface area contributed by atoms with Crippen molar-refractivity contribution < 1.29 is 4.79 Å². The van der Waals surface area contributed by atoms with E-state index < -0.39 is 0 Å². The van der Waals surface area contributed by atoms with Crippen molar-refractivity contribution in [1.29, 1.82) is 0 Å². The van der Waals surface area contributed by atoms with E-state index in [2.05, 4.69) is 6.92 Å². The molecule has 0 heterocycles. The first-order valence-corrected chi connectivity index (χ1v) is 2.72.